The number of hydrogen-bond acceptors (Lipinski definition) is 8. The predicted octanol–water partition coefficient (Wildman–Crippen LogP) is 0.651. The number of Topliss-reactive ketones (excluding diaryl/α,β-unsaturated/α-hetero) is 1. The monoisotopic (exact) mass is 465 g/mol. The summed E-state index contributed by atoms with van der Waals surface area (Å²) in [6.45, 7) is 0.484. The molecule has 0 atom stereocenters. The van der Waals surface area contributed by atoms with Crippen LogP contribution in [0.3, 0.4) is 0 Å². The fraction of sp³-hybridized carbons (Fsp3) is 0.316. The number of ketones is 1. The first-order valence-corrected chi connectivity index (χ1v) is 10.4. The number of nitrogen functional groups attached to an aromatic ring is 1. The number of aromatic nitrogens is 4. The predicted molar refractivity (Wildman–Crippen MR) is 119 cm³/mol. The summed E-state index contributed by atoms with van der Waals surface area (Å²) >= 11 is 7.00. The second-order valence-electron chi connectivity index (χ2n) is 6.68. The third-order valence-corrected chi connectivity index (χ3v) is 5.93. The number of fused-ring (bicyclic) bond motifs is 1. The number of thioether (sulfide) groups is 1. The Kier molecular flexibility index (Phi) is 6.68. The van der Waals surface area contributed by atoms with Crippen molar-refractivity contribution >= 4 is 45.9 Å². The zero-order valence-electron chi connectivity index (χ0n) is 17.0. The molecule has 10 nitrogen and oxygen atoms in total. The minimum absolute atomic E-state index is 0.214. The highest BCUT2D eigenvalue weighted by Gasteiger charge is 2.21. The van der Waals surface area contributed by atoms with E-state index in [9.17, 15) is 19.2 Å². The molecule has 0 bridgehead atoms. The van der Waals surface area contributed by atoms with E-state index in [0.29, 0.717) is 15.9 Å². The molecule has 0 fully saturated rings. The van der Waals surface area contributed by atoms with Crippen molar-refractivity contribution < 1.29 is 9.53 Å². The molecule has 0 saturated heterocycles. The molecule has 1 aromatic carbocycles. The summed E-state index contributed by atoms with van der Waals surface area (Å²) in [7, 11) is 4.15. The Labute approximate surface area is 185 Å². The zero-order chi connectivity index (χ0) is 22.9. The molecule has 0 saturated carbocycles. The molecule has 12 heteroatoms. The van der Waals surface area contributed by atoms with Gasteiger partial charge in [0.25, 0.3) is 11.1 Å². The first-order chi connectivity index (χ1) is 14.7. The van der Waals surface area contributed by atoms with Crippen LogP contribution in [0.1, 0.15) is 10.4 Å². The van der Waals surface area contributed by atoms with Gasteiger partial charge in [-0.25, -0.2) is 9.78 Å². The molecule has 0 unspecified atom stereocenters. The van der Waals surface area contributed by atoms with E-state index >= 15 is 0 Å². The number of ether oxygens (including phenoxy) is 1. The molecule has 0 radical (unpaired) electrons. The molecule has 2 N–H and O–H groups in total. The number of methoxy groups -OCH3 is 1. The Bertz CT molecular complexity index is 1360. The standard InChI is InChI=1S/C19H20ClN5O5S/c1-23-15(21)14(17(28)24(2)19(23)29)13(26)9-31-18-22-12-8-10(20)4-5-11(12)16(27)25(18)6-7-30-3/h4-5,8H,6-7,9,21H2,1-3H3. The fourth-order valence-electron chi connectivity index (χ4n) is 2.99. The van der Waals surface area contributed by atoms with E-state index in [0.717, 1.165) is 20.9 Å². The van der Waals surface area contributed by atoms with Crippen molar-refractivity contribution in [1.29, 1.82) is 0 Å². The van der Waals surface area contributed by atoms with Crippen molar-refractivity contribution in [2.75, 3.05) is 25.2 Å². The second kappa shape index (κ2) is 9.08. The summed E-state index contributed by atoms with van der Waals surface area (Å²) in [5.41, 5.74) is 4.25. The van der Waals surface area contributed by atoms with Crippen LogP contribution >= 0.6 is 23.4 Å². The minimum atomic E-state index is -0.777. The van der Waals surface area contributed by atoms with Crippen molar-refractivity contribution in [1.82, 2.24) is 18.7 Å². The van der Waals surface area contributed by atoms with Crippen molar-refractivity contribution in [2.24, 2.45) is 14.1 Å². The number of hydrogen-bond donors (Lipinski definition) is 1. The van der Waals surface area contributed by atoms with Gasteiger partial charge in [0.2, 0.25) is 0 Å². The molecule has 0 aliphatic heterocycles. The first-order valence-electron chi connectivity index (χ1n) is 9.07. The van der Waals surface area contributed by atoms with Gasteiger partial charge in [-0.15, -0.1) is 0 Å². The molecule has 2 aromatic heterocycles. The lowest BCUT2D eigenvalue weighted by Crippen LogP contribution is -2.41. The maximum Gasteiger partial charge on any atom is 0.332 e. The molecule has 2 heterocycles. The average Bonchev–Trinajstić information content (AvgIpc) is 2.74. The largest absolute Gasteiger partial charge is 0.384 e. The molecule has 3 aromatic rings. The number of benzene rings is 1. The van der Waals surface area contributed by atoms with E-state index in [2.05, 4.69) is 4.98 Å². The molecule has 31 heavy (non-hydrogen) atoms. The smallest absolute Gasteiger partial charge is 0.332 e. The lowest BCUT2D eigenvalue weighted by atomic mass is 10.2. The quantitative estimate of drug-likeness (QED) is 0.305. The molecule has 0 aliphatic carbocycles. The number of anilines is 1. The van der Waals surface area contributed by atoms with E-state index in [4.69, 9.17) is 22.1 Å². The van der Waals surface area contributed by atoms with Crippen LogP contribution in [0, 0.1) is 0 Å². The van der Waals surface area contributed by atoms with Gasteiger partial charge < -0.3 is 10.5 Å². The molecule has 0 aliphatic rings. The third-order valence-electron chi connectivity index (χ3n) is 4.72. The number of halogens is 1. The highest BCUT2D eigenvalue weighted by atomic mass is 35.5. The number of carbonyl (C=O) groups is 1. The van der Waals surface area contributed by atoms with Crippen LogP contribution in [0.4, 0.5) is 5.82 Å². The van der Waals surface area contributed by atoms with Gasteiger partial charge in [-0.3, -0.25) is 28.1 Å². The van der Waals surface area contributed by atoms with E-state index in [-0.39, 0.29) is 41.0 Å². The number of nitrogens with zero attached hydrogens (tertiary/aromatic N) is 4. The van der Waals surface area contributed by atoms with Gasteiger partial charge >= 0.3 is 5.69 Å². The summed E-state index contributed by atoms with van der Waals surface area (Å²) in [5, 5.41) is 1.07. The summed E-state index contributed by atoms with van der Waals surface area (Å²) in [6, 6.07) is 4.75. The summed E-state index contributed by atoms with van der Waals surface area (Å²) in [4.78, 5) is 54.6. The van der Waals surface area contributed by atoms with Crippen molar-refractivity contribution in [2.45, 2.75) is 11.7 Å². The van der Waals surface area contributed by atoms with Crippen molar-refractivity contribution in [3.05, 3.63) is 60.0 Å². The normalized spacial score (nSPS) is 11.2. The maximum absolute atomic E-state index is 12.9. The second-order valence-corrected chi connectivity index (χ2v) is 8.06. The molecule has 0 spiro atoms. The Hall–Kier alpha value is -2.89. The molecule has 3 rings (SSSR count). The van der Waals surface area contributed by atoms with Gasteiger partial charge in [0.15, 0.2) is 10.9 Å². The average molecular weight is 466 g/mol. The summed E-state index contributed by atoms with van der Waals surface area (Å²) in [5.74, 6) is -1.02. The van der Waals surface area contributed by atoms with Crippen LogP contribution in [0.15, 0.2) is 37.7 Å². The Morgan fingerprint density at radius 1 is 1.19 bits per heavy atom. The van der Waals surface area contributed by atoms with E-state index in [1.54, 1.807) is 18.2 Å². The Morgan fingerprint density at radius 2 is 1.90 bits per heavy atom. The first kappa shape index (κ1) is 22.8. The minimum Gasteiger partial charge on any atom is -0.384 e. The van der Waals surface area contributed by atoms with Gasteiger partial charge in [-0.05, 0) is 18.2 Å². The van der Waals surface area contributed by atoms with Gasteiger partial charge in [-0.2, -0.15) is 0 Å². The van der Waals surface area contributed by atoms with Crippen LogP contribution in [0.25, 0.3) is 10.9 Å². The Balaban J connectivity index is 2.02. The van der Waals surface area contributed by atoms with Crippen LogP contribution in [0.2, 0.25) is 5.02 Å². The zero-order valence-corrected chi connectivity index (χ0v) is 18.6. The van der Waals surface area contributed by atoms with Gasteiger partial charge in [-0.1, -0.05) is 23.4 Å². The third kappa shape index (κ3) is 4.29. The SMILES string of the molecule is COCCn1c(SCC(=O)c2c(N)n(C)c(=O)n(C)c2=O)nc2cc(Cl)ccc2c1=O. The highest BCUT2D eigenvalue weighted by molar-refractivity contribution is 7.99. The van der Waals surface area contributed by atoms with Gasteiger partial charge in [0.1, 0.15) is 11.4 Å². The molecular weight excluding hydrogens is 446 g/mol. The molecule has 164 valence electrons. The van der Waals surface area contributed by atoms with Crippen LogP contribution < -0.4 is 22.5 Å². The van der Waals surface area contributed by atoms with Gasteiger partial charge in [0.05, 0.1) is 29.8 Å². The maximum atomic E-state index is 12.9. The number of rotatable bonds is 7. The topological polar surface area (TPSA) is 131 Å². The Morgan fingerprint density at radius 3 is 2.58 bits per heavy atom. The van der Waals surface area contributed by atoms with E-state index in [1.807, 2.05) is 0 Å². The summed E-state index contributed by atoms with van der Waals surface area (Å²) < 4.78 is 8.33. The van der Waals surface area contributed by atoms with Gasteiger partial charge in [0, 0.05) is 26.2 Å². The highest BCUT2D eigenvalue weighted by Crippen LogP contribution is 2.21. The van der Waals surface area contributed by atoms with E-state index < -0.39 is 17.0 Å². The number of nitrogens with two attached hydrogens (primary N) is 1. The van der Waals surface area contributed by atoms with E-state index in [1.165, 1.54) is 25.8 Å². The fourth-order valence-corrected chi connectivity index (χ4v) is 4.05. The lowest BCUT2D eigenvalue weighted by Gasteiger charge is -2.13. The van der Waals surface area contributed by atoms with Crippen LogP contribution in [0.5, 0.6) is 0 Å². The van der Waals surface area contributed by atoms with Crippen molar-refractivity contribution in [3.8, 4) is 0 Å². The lowest BCUT2D eigenvalue weighted by molar-refractivity contribution is 0.102. The van der Waals surface area contributed by atoms with Crippen LogP contribution in [-0.2, 0) is 25.4 Å². The molecule has 0 amide bonds. The summed E-state index contributed by atoms with van der Waals surface area (Å²) in [6.07, 6.45) is 0. The molecular formula is C19H20ClN5O5S. The van der Waals surface area contributed by atoms with Crippen LogP contribution in [-0.4, -0.2) is 43.9 Å². The number of carbonyl (C=O) groups excluding carboxylic acids is 1. The van der Waals surface area contributed by atoms with Crippen molar-refractivity contribution in [3.63, 3.8) is 0 Å².